The van der Waals surface area contributed by atoms with Gasteiger partial charge in [0.15, 0.2) is 0 Å². The van der Waals surface area contributed by atoms with Crippen molar-refractivity contribution in [3.05, 3.63) is 0 Å². The Morgan fingerprint density at radius 2 is 2.40 bits per heavy atom. The fraction of sp³-hybridized carbons (Fsp3) is 0.833. The number of likely N-dealkylation sites (tertiary alicyclic amines) is 1. The molecule has 4 heteroatoms. The molecular weight excluding hydrogens is 148 g/mol. The van der Waals surface area contributed by atoms with Crippen LogP contribution in [0.25, 0.3) is 0 Å². The first-order valence-electron chi connectivity index (χ1n) is 3.26. The minimum absolute atomic E-state index is 0.217. The molecule has 0 spiro atoms. The van der Waals surface area contributed by atoms with Crippen molar-refractivity contribution < 1.29 is 4.79 Å². The van der Waals surface area contributed by atoms with Crippen molar-refractivity contribution in [3.8, 4) is 0 Å². The Kier molecular flexibility index (Phi) is 2.56. The number of amides is 1. The van der Waals surface area contributed by atoms with Gasteiger partial charge in [0.05, 0.1) is 5.75 Å². The summed E-state index contributed by atoms with van der Waals surface area (Å²) in [4.78, 5) is 12.8. The topological polar surface area (TPSA) is 46.3 Å². The highest BCUT2D eigenvalue weighted by Gasteiger charge is 2.26. The Morgan fingerprint density at radius 1 is 1.80 bits per heavy atom. The van der Waals surface area contributed by atoms with Gasteiger partial charge >= 0.3 is 0 Å². The molecule has 58 valence electrons. The molecule has 1 heterocycles. The zero-order valence-corrected chi connectivity index (χ0v) is 6.86. The molecule has 0 aromatic carbocycles. The summed E-state index contributed by atoms with van der Waals surface area (Å²) in [6.07, 6.45) is 1.93. The van der Waals surface area contributed by atoms with Crippen molar-refractivity contribution in [1.82, 2.24) is 4.90 Å². The monoisotopic (exact) mass is 160 g/mol. The Morgan fingerprint density at radius 3 is 2.80 bits per heavy atom. The lowest BCUT2D eigenvalue weighted by atomic mass is 10.1. The molecule has 0 saturated carbocycles. The second-order valence-electron chi connectivity index (χ2n) is 2.49. The van der Waals surface area contributed by atoms with Gasteiger partial charge < -0.3 is 10.6 Å². The predicted octanol–water partition coefficient (Wildman–Crippen LogP) is -0.481. The minimum Gasteiger partial charge on any atom is -0.339 e. The molecular formula is C6H12N2OS. The van der Waals surface area contributed by atoms with Crippen molar-refractivity contribution in [3.63, 3.8) is 0 Å². The van der Waals surface area contributed by atoms with Gasteiger partial charge in [0.1, 0.15) is 0 Å². The van der Waals surface area contributed by atoms with Gasteiger partial charge in [-0.3, -0.25) is 4.79 Å². The molecule has 1 aliphatic heterocycles. The molecule has 1 aliphatic rings. The fourth-order valence-electron chi connectivity index (χ4n) is 0.931. The van der Waals surface area contributed by atoms with E-state index in [4.69, 9.17) is 5.73 Å². The van der Waals surface area contributed by atoms with Crippen LogP contribution in [-0.4, -0.2) is 41.9 Å². The third kappa shape index (κ3) is 1.64. The van der Waals surface area contributed by atoms with Crippen LogP contribution < -0.4 is 5.73 Å². The van der Waals surface area contributed by atoms with E-state index in [-0.39, 0.29) is 11.9 Å². The van der Waals surface area contributed by atoms with Gasteiger partial charge in [-0.05, 0) is 6.26 Å². The van der Waals surface area contributed by atoms with Crippen molar-refractivity contribution in [2.24, 2.45) is 5.73 Å². The largest absolute Gasteiger partial charge is 0.339 e. The van der Waals surface area contributed by atoms with E-state index >= 15 is 0 Å². The number of hydrogen-bond acceptors (Lipinski definition) is 3. The summed E-state index contributed by atoms with van der Waals surface area (Å²) in [6.45, 7) is 1.50. The molecule has 1 amide bonds. The zero-order chi connectivity index (χ0) is 7.56. The van der Waals surface area contributed by atoms with E-state index in [9.17, 15) is 4.79 Å². The van der Waals surface area contributed by atoms with Crippen LogP contribution in [0.3, 0.4) is 0 Å². The highest BCUT2D eigenvalue weighted by Crippen LogP contribution is 2.07. The molecule has 2 N–H and O–H groups in total. The van der Waals surface area contributed by atoms with E-state index in [2.05, 4.69) is 0 Å². The molecule has 0 atom stereocenters. The van der Waals surface area contributed by atoms with Gasteiger partial charge in [-0.25, -0.2) is 0 Å². The van der Waals surface area contributed by atoms with Crippen LogP contribution in [0.5, 0.6) is 0 Å². The second kappa shape index (κ2) is 3.25. The smallest absolute Gasteiger partial charge is 0.232 e. The molecule has 0 radical (unpaired) electrons. The molecule has 0 aromatic rings. The van der Waals surface area contributed by atoms with Crippen molar-refractivity contribution >= 4 is 17.7 Å². The number of carbonyl (C=O) groups is 1. The molecule has 0 aromatic heterocycles. The molecule has 1 saturated heterocycles. The Labute approximate surface area is 64.9 Å². The lowest BCUT2D eigenvalue weighted by Crippen LogP contribution is -2.58. The summed E-state index contributed by atoms with van der Waals surface area (Å²) in [5.41, 5.74) is 5.50. The molecule has 10 heavy (non-hydrogen) atoms. The summed E-state index contributed by atoms with van der Waals surface area (Å²) in [7, 11) is 0. The molecule has 1 rings (SSSR count). The third-order valence-electron chi connectivity index (χ3n) is 1.53. The van der Waals surface area contributed by atoms with Crippen LogP contribution in [0.15, 0.2) is 0 Å². The highest BCUT2D eigenvalue weighted by molar-refractivity contribution is 7.99. The Balaban J connectivity index is 2.18. The molecule has 0 aliphatic carbocycles. The number of rotatable bonds is 2. The minimum atomic E-state index is 0.217. The maximum atomic E-state index is 11.0. The molecule has 0 bridgehead atoms. The first-order chi connectivity index (χ1) is 4.74. The first kappa shape index (κ1) is 7.88. The standard InChI is InChI=1S/C6H12N2OS/c1-10-4-6(9)8-2-5(7)3-8/h5H,2-4,7H2,1H3. The van der Waals surface area contributed by atoms with Gasteiger partial charge in [0.25, 0.3) is 0 Å². The van der Waals surface area contributed by atoms with Gasteiger partial charge in [0, 0.05) is 19.1 Å². The number of thioether (sulfide) groups is 1. The maximum absolute atomic E-state index is 11.0. The normalized spacial score (nSPS) is 18.8. The lowest BCUT2D eigenvalue weighted by Gasteiger charge is -2.36. The summed E-state index contributed by atoms with van der Waals surface area (Å²) in [6, 6.07) is 0.228. The summed E-state index contributed by atoms with van der Waals surface area (Å²) >= 11 is 1.56. The second-order valence-corrected chi connectivity index (χ2v) is 3.36. The molecule has 0 unspecified atom stereocenters. The number of nitrogens with two attached hydrogens (primary N) is 1. The van der Waals surface area contributed by atoms with Gasteiger partial charge in [-0.2, -0.15) is 11.8 Å². The van der Waals surface area contributed by atoms with E-state index in [1.165, 1.54) is 0 Å². The summed E-state index contributed by atoms with van der Waals surface area (Å²) in [5.74, 6) is 0.807. The van der Waals surface area contributed by atoms with Gasteiger partial charge in [-0.1, -0.05) is 0 Å². The van der Waals surface area contributed by atoms with E-state index in [0.29, 0.717) is 5.75 Å². The van der Waals surface area contributed by atoms with Crippen LogP contribution in [0.1, 0.15) is 0 Å². The fourth-order valence-corrected chi connectivity index (χ4v) is 1.36. The van der Waals surface area contributed by atoms with Gasteiger partial charge in [0.2, 0.25) is 5.91 Å². The quantitative estimate of drug-likeness (QED) is 0.593. The third-order valence-corrected chi connectivity index (χ3v) is 2.07. The molecule has 3 nitrogen and oxygen atoms in total. The van der Waals surface area contributed by atoms with Crippen molar-refractivity contribution in [2.75, 3.05) is 25.1 Å². The van der Waals surface area contributed by atoms with Crippen LogP contribution in [0, 0.1) is 0 Å². The maximum Gasteiger partial charge on any atom is 0.232 e. The first-order valence-corrected chi connectivity index (χ1v) is 4.65. The highest BCUT2D eigenvalue weighted by atomic mass is 32.2. The number of nitrogens with zero attached hydrogens (tertiary/aromatic N) is 1. The summed E-state index contributed by atoms with van der Waals surface area (Å²) in [5, 5.41) is 0. The van der Waals surface area contributed by atoms with Crippen LogP contribution in [0.2, 0.25) is 0 Å². The van der Waals surface area contributed by atoms with E-state index in [1.807, 2.05) is 6.26 Å². The van der Waals surface area contributed by atoms with E-state index in [1.54, 1.807) is 16.7 Å². The van der Waals surface area contributed by atoms with Crippen LogP contribution in [-0.2, 0) is 4.79 Å². The average Bonchev–Trinajstić information content (AvgIpc) is 1.82. The predicted molar refractivity (Wildman–Crippen MR) is 42.9 cm³/mol. The molecule has 1 fully saturated rings. The van der Waals surface area contributed by atoms with Crippen molar-refractivity contribution in [2.45, 2.75) is 6.04 Å². The number of hydrogen-bond donors (Lipinski definition) is 1. The van der Waals surface area contributed by atoms with Crippen molar-refractivity contribution in [1.29, 1.82) is 0 Å². The zero-order valence-electron chi connectivity index (χ0n) is 6.04. The van der Waals surface area contributed by atoms with Crippen LogP contribution in [0.4, 0.5) is 0 Å². The Bertz CT molecular complexity index is 134. The lowest BCUT2D eigenvalue weighted by molar-refractivity contribution is -0.132. The van der Waals surface area contributed by atoms with E-state index in [0.717, 1.165) is 13.1 Å². The Hall–Kier alpha value is -0.220. The SMILES string of the molecule is CSCC(=O)N1CC(N)C1. The number of carbonyl (C=O) groups excluding carboxylic acids is 1. The average molecular weight is 160 g/mol. The van der Waals surface area contributed by atoms with E-state index < -0.39 is 0 Å². The van der Waals surface area contributed by atoms with Crippen LogP contribution >= 0.6 is 11.8 Å². The summed E-state index contributed by atoms with van der Waals surface area (Å²) < 4.78 is 0. The van der Waals surface area contributed by atoms with Gasteiger partial charge in [-0.15, -0.1) is 0 Å².